The molecule has 0 saturated heterocycles. The molecule has 2 aliphatic carbocycles. The Morgan fingerprint density at radius 1 is 1.03 bits per heavy atom. The Labute approximate surface area is 188 Å². The van der Waals surface area contributed by atoms with Crippen LogP contribution in [0.3, 0.4) is 0 Å². The van der Waals surface area contributed by atoms with E-state index in [-0.39, 0.29) is 11.6 Å². The molecule has 1 heterocycles. The van der Waals surface area contributed by atoms with E-state index < -0.39 is 8.07 Å². The quantitative estimate of drug-likeness (QED) is 0.303. The fraction of sp³-hybridized carbons (Fsp3) is 0.222. The summed E-state index contributed by atoms with van der Waals surface area (Å²) < 4.78 is 5.62. The van der Waals surface area contributed by atoms with Crippen molar-refractivity contribution in [1.82, 2.24) is 4.98 Å². The molecular formula is C27H23NO3Si. The van der Waals surface area contributed by atoms with Gasteiger partial charge in [0.1, 0.15) is 19.5 Å². The standard InChI is InChI=1S/C27H23NO3Si/c1-31-22-15-20-16-9-5-6-10-17(16)21(13-14-32(2,3)4)28-25(20)24-23(22)26(29)18-11-7-8-12-19(18)27(24)30/h5,7-9,11-12,15H,6,10H2,1-4H3. The summed E-state index contributed by atoms with van der Waals surface area (Å²) >= 11 is 0. The van der Waals surface area contributed by atoms with Gasteiger partial charge in [0.2, 0.25) is 0 Å². The van der Waals surface area contributed by atoms with Crippen LogP contribution in [0.25, 0.3) is 17.0 Å². The summed E-state index contributed by atoms with van der Waals surface area (Å²) in [5.74, 6) is 3.32. The molecule has 0 atom stereocenters. The second-order valence-electron chi connectivity index (χ2n) is 9.22. The lowest BCUT2D eigenvalue weighted by Gasteiger charge is -2.23. The molecule has 0 fully saturated rings. The van der Waals surface area contributed by atoms with Crippen LogP contribution < -0.4 is 4.74 Å². The predicted molar refractivity (Wildman–Crippen MR) is 129 cm³/mol. The number of carbonyl (C=O) groups is 2. The van der Waals surface area contributed by atoms with Gasteiger partial charge in [-0.1, -0.05) is 62.0 Å². The fourth-order valence-corrected chi connectivity index (χ4v) is 4.91. The van der Waals surface area contributed by atoms with Crippen LogP contribution in [0.5, 0.6) is 5.75 Å². The molecule has 0 radical (unpaired) electrons. The van der Waals surface area contributed by atoms with Crippen LogP contribution in [0, 0.1) is 11.5 Å². The third kappa shape index (κ3) is 3.11. The Balaban J connectivity index is 1.91. The molecule has 0 N–H and O–H groups in total. The van der Waals surface area contributed by atoms with Crippen LogP contribution in [0.2, 0.25) is 19.6 Å². The number of fused-ring (bicyclic) bond motifs is 6. The Morgan fingerprint density at radius 2 is 1.72 bits per heavy atom. The van der Waals surface area contributed by atoms with E-state index in [1.54, 1.807) is 24.3 Å². The number of rotatable bonds is 1. The van der Waals surface area contributed by atoms with Crippen molar-refractivity contribution in [3.05, 3.63) is 75.5 Å². The summed E-state index contributed by atoms with van der Waals surface area (Å²) in [6.45, 7) is 6.58. The highest BCUT2D eigenvalue weighted by Gasteiger charge is 2.35. The summed E-state index contributed by atoms with van der Waals surface area (Å²) in [5.41, 5.74) is 8.19. The Kier molecular flexibility index (Phi) is 4.65. The number of ether oxygens (including phenoxy) is 1. The maximum Gasteiger partial charge on any atom is 0.198 e. The van der Waals surface area contributed by atoms with Gasteiger partial charge in [-0.3, -0.25) is 9.59 Å². The lowest BCUT2D eigenvalue weighted by molar-refractivity contribution is 0.0977. The zero-order valence-electron chi connectivity index (χ0n) is 18.6. The van der Waals surface area contributed by atoms with E-state index in [0.717, 1.165) is 29.4 Å². The van der Waals surface area contributed by atoms with Crippen molar-refractivity contribution in [2.75, 3.05) is 7.11 Å². The van der Waals surface area contributed by atoms with Crippen molar-refractivity contribution in [3.63, 3.8) is 0 Å². The maximum atomic E-state index is 13.6. The number of nitrogens with zero attached hydrogens (tertiary/aromatic N) is 1. The van der Waals surface area contributed by atoms with Crippen LogP contribution in [-0.2, 0) is 6.42 Å². The summed E-state index contributed by atoms with van der Waals surface area (Å²) in [5, 5.41) is 0.825. The molecule has 0 aliphatic heterocycles. The fourth-order valence-electron chi connectivity index (χ4n) is 4.42. The predicted octanol–water partition coefficient (Wildman–Crippen LogP) is 5.21. The number of methoxy groups -OCH3 is 1. The minimum Gasteiger partial charge on any atom is -0.496 e. The molecule has 5 heteroatoms. The van der Waals surface area contributed by atoms with E-state index in [1.807, 2.05) is 6.07 Å². The number of hydrogen-bond donors (Lipinski definition) is 0. The van der Waals surface area contributed by atoms with Crippen molar-refractivity contribution in [2.45, 2.75) is 32.5 Å². The first-order chi connectivity index (χ1) is 15.3. The molecule has 0 saturated carbocycles. The molecule has 0 unspecified atom stereocenters. The number of ketones is 2. The van der Waals surface area contributed by atoms with Gasteiger partial charge in [0.05, 0.1) is 23.8 Å². The zero-order chi connectivity index (χ0) is 22.6. The van der Waals surface area contributed by atoms with Crippen molar-refractivity contribution in [2.24, 2.45) is 0 Å². The highest BCUT2D eigenvalue weighted by Crippen LogP contribution is 2.40. The lowest BCUT2D eigenvalue weighted by atomic mass is 9.81. The van der Waals surface area contributed by atoms with Crippen LogP contribution in [0.4, 0.5) is 0 Å². The van der Waals surface area contributed by atoms with Gasteiger partial charge in [-0.25, -0.2) is 4.98 Å². The molecule has 0 bridgehead atoms. The van der Waals surface area contributed by atoms with Gasteiger partial charge in [0.15, 0.2) is 11.6 Å². The van der Waals surface area contributed by atoms with E-state index in [1.165, 1.54) is 7.11 Å². The number of allylic oxidation sites excluding steroid dienone is 1. The van der Waals surface area contributed by atoms with Gasteiger partial charge in [-0.2, -0.15) is 0 Å². The molecule has 32 heavy (non-hydrogen) atoms. The Hall–Kier alpha value is -3.49. The molecule has 0 amide bonds. The zero-order valence-corrected chi connectivity index (χ0v) is 19.6. The molecule has 2 aromatic carbocycles. The highest BCUT2D eigenvalue weighted by molar-refractivity contribution is 6.83. The third-order valence-electron chi connectivity index (χ3n) is 5.88. The van der Waals surface area contributed by atoms with Gasteiger partial charge >= 0.3 is 0 Å². The molecular weight excluding hydrogens is 414 g/mol. The molecule has 0 spiro atoms. The summed E-state index contributed by atoms with van der Waals surface area (Å²) in [7, 11) is -0.0971. The van der Waals surface area contributed by atoms with E-state index in [0.29, 0.717) is 39.2 Å². The smallest absolute Gasteiger partial charge is 0.198 e. The monoisotopic (exact) mass is 437 g/mol. The van der Waals surface area contributed by atoms with Gasteiger partial charge in [0.25, 0.3) is 0 Å². The van der Waals surface area contributed by atoms with E-state index >= 15 is 0 Å². The summed E-state index contributed by atoms with van der Waals surface area (Å²) in [6.07, 6.45) is 5.98. The minimum absolute atomic E-state index is 0.199. The Morgan fingerprint density at radius 3 is 2.38 bits per heavy atom. The largest absolute Gasteiger partial charge is 0.496 e. The molecule has 1 aromatic heterocycles. The minimum atomic E-state index is -1.63. The van der Waals surface area contributed by atoms with Crippen molar-refractivity contribution in [3.8, 4) is 17.2 Å². The van der Waals surface area contributed by atoms with Crippen molar-refractivity contribution in [1.29, 1.82) is 0 Å². The second-order valence-corrected chi connectivity index (χ2v) is 14.0. The second kappa shape index (κ2) is 7.28. The number of aromatic nitrogens is 1. The van der Waals surface area contributed by atoms with Gasteiger partial charge < -0.3 is 4.74 Å². The van der Waals surface area contributed by atoms with Gasteiger partial charge in [-0.15, -0.1) is 5.54 Å². The first kappa shape index (κ1) is 20.4. The molecule has 5 rings (SSSR count). The normalized spacial score (nSPS) is 14.4. The van der Waals surface area contributed by atoms with E-state index in [2.05, 4.69) is 43.3 Å². The molecule has 4 nitrogen and oxygen atoms in total. The van der Waals surface area contributed by atoms with Crippen LogP contribution in [0.15, 0.2) is 36.4 Å². The number of carbonyl (C=O) groups excluding carboxylic acids is 2. The maximum absolute atomic E-state index is 13.6. The number of pyridine rings is 1. The van der Waals surface area contributed by atoms with Gasteiger partial charge in [-0.05, 0) is 30.0 Å². The first-order valence-electron chi connectivity index (χ1n) is 10.8. The summed E-state index contributed by atoms with van der Waals surface area (Å²) in [4.78, 5) is 32.0. The first-order valence-corrected chi connectivity index (χ1v) is 14.3. The number of benzene rings is 2. The molecule has 3 aromatic rings. The molecule has 158 valence electrons. The van der Waals surface area contributed by atoms with Crippen LogP contribution >= 0.6 is 0 Å². The highest BCUT2D eigenvalue weighted by atomic mass is 28.3. The SMILES string of the molecule is COc1cc2c3c(c(C#C[Si](C)(C)C)nc2c2c1C(=O)c1ccccc1C2=O)CCC=C3. The molecule has 2 aliphatic rings. The average molecular weight is 438 g/mol. The van der Waals surface area contributed by atoms with Crippen LogP contribution in [-0.4, -0.2) is 31.7 Å². The average Bonchev–Trinajstić information content (AvgIpc) is 2.79. The van der Waals surface area contributed by atoms with E-state index in [9.17, 15) is 9.59 Å². The van der Waals surface area contributed by atoms with Crippen LogP contribution in [0.1, 0.15) is 55.1 Å². The van der Waals surface area contributed by atoms with Crippen molar-refractivity contribution >= 4 is 36.6 Å². The topological polar surface area (TPSA) is 56.3 Å². The lowest BCUT2D eigenvalue weighted by Crippen LogP contribution is -2.23. The van der Waals surface area contributed by atoms with E-state index in [4.69, 9.17) is 9.72 Å². The van der Waals surface area contributed by atoms with Crippen molar-refractivity contribution < 1.29 is 14.3 Å². The summed E-state index contributed by atoms with van der Waals surface area (Å²) in [6, 6.07) is 8.79. The third-order valence-corrected chi connectivity index (χ3v) is 6.76. The van der Waals surface area contributed by atoms with Gasteiger partial charge in [0, 0.05) is 16.5 Å². The Bertz CT molecular complexity index is 1430. The number of hydrogen-bond acceptors (Lipinski definition) is 4.